The zero-order valence-electron chi connectivity index (χ0n) is 15.2. The van der Waals surface area contributed by atoms with E-state index in [9.17, 15) is 9.59 Å². The number of anilines is 1. The number of amides is 2. The van der Waals surface area contributed by atoms with E-state index < -0.39 is 0 Å². The third-order valence-electron chi connectivity index (χ3n) is 4.04. The molecule has 1 N–H and O–H groups in total. The van der Waals surface area contributed by atoms with E-state index in [0.717, 1.165) is 16.9 Å². The predicted octanol–water partition coefficient (Wildman–Crippen LogP) is 4.03. The summed E-state index contributed by atoms with van der Waals surface area (Å²) in [4.78, 5) is 25.7. The van der Waals surface area contributed by atoms with Crippen molar-refractivity contribution in [3.63, 3.8) is 0 Å². The van der Waals surface area contributed by atoms with Crippen LogP contribution in [-0.2, 0) is 16.1 Å². The standard InChI is InChI=1S/C20H23ClN2O3/c1-14-4-7-17(12-19(14)21)22-20(25)10-11-23(15(2)24)13-16-5-8-18(26-3)9-6-16/h4-9,12H,10-11,13H2,1-3H3,(H,22,25). The van der Waals surface area contributed by atoms with Crippen LogP contribution in [-0.4, -0.2) is 30.4 Å². The molecule has 138 valence electrons. The summed E-state index contributed by atoms with van der Waals surface area (Å²) in [7, 11) is 1.61. The molecular weight excluding hydrogens is 352 g/mol. The van der Waals surface area contributed by atoms with Gasteiger partial charge in [-0.2, -0.15) is 0 Å². The van der Waals surface area contributed by atoms with Gasteiger partial charge in [0.25, 0.3) is 0 Å². The molecular formula is C20H23ClN2O3. The average Bonchev–Trinajstić information content (AvgIpc) is 2.62. The lowest BCUT2D eigenvalue weighted by Crippen LogP contribution is -2.31. The molecule has 0 bridgehead atoms. The first-order chi connectivity index (χ1) is 12.4. The van der Waals surface area contributed by atoms with Crippen LogP contribution < -0.4 is 10.1 Å². The minimum Gasteiger partial charge on any atom is -0.497 e. The molecule has 0 atom stereocenters. The molecule has 0 aliphatic rings. The summed E-state index contributed by atoms with van der Waals surface area (Å²) in [6.07, 6.45) is 0.210. The molecule has 0 aliphatic carbocycles. The maximum absolute atomic E-state index is 12.2. The fourth-order valence-corrected chi connectivity index (χ4v) is 2.61. The van der Waals surface area contributed by atoms with Crippen molar-refractivity contribution in [2.75, 3.05) is 19.0 Å². The molecule has 0 saturated heterocycles. The number of carbonyl (C=O) groups excluding carboxylic acids is 2. The molecule has 2 rings (SSSR count). The number of carbonyl (C=O) groups is 2. The lowest BCUT2D eigenvalue weighted by Gasteiger charge is -2.21. The highest BCUT2D eigenvalue weighted by Gasteiger charge is 2.12. The van der Waals surface area contributed by atoms with Crippen LogP contribution in [0.1, 0.15) is 24.5 Å². The van der Waals surface area contributed by atoms with Gasteiger partial charge < -0.3 is 15.0 Å². The van der Waals surface area contributed by atoms with E-state index in [4.69, 9.17) is 16.3 Å². The molecule has 2 amide bonds. The van der Waals surface area contributed by atoms with Crippen LogP contribution in [0.4, 0.5) is 5.69 Å². The van der Waals surface area contributed by atoms with E-state index in [1.165, 1.54) is 6.92 Å². The molecule has 2 aromatic rings. The summed E-state index contributed by atoms with van der Waals surface area (Å²) in [6, 6.07) is 12.9. The third kappa shape index (κ3) is 5.77. The number of nitrogens with zero attached hydrogens (tertiary/aromatic N) is 1. The largest absolute Gasteiger partial charge is 0.497 e. The summed E-state index contributed by atoms with van der Waals surface area (Å²) in [5.41, 5.74) is 2.58. The summed E-state index contributed by atoms with van der Waals surface area (Å²) in [6.45, 7) is 4.19. The lowest BCUT2D eigenvalue weighted by atomic mass is 10.2. The number of aryl methyl sites for hydroxylation is 1. The highest BCUT2D eigenvalue weighted by molar-refractivity contribution is 6.31. The van der Waals surface area contributed by atoms with Crippen LogP contribution in [0.3, 0.4) is 0 Å². The van der Waals surface area contributed by atoms with Crippen LogP contribution in [0.15, 0.2) is 42.5 Å². The molecule has 0 aliphatic heterocycles. The maximum atomic E-state index is 12.2. The Morgan fingerprint density at radius 2 is 1.85 bits per heavy atom. The number of rotatable bonds is 7. The smallest absolute Gasteiger partial charge is 0.226 e. The first-order valence-electron chi connectivity index (χ1n) is 8.33. The Morgan fingerprint density at radius 3 is 2.42 bits per heavy atom. The van der Waals surface area contributed by atoms with Gasteiger partial charge in [-0.1, -0.05) is 29.8 Å². The van der Waals surface area contributed by atoms with Crippen LogP contribution >= 0.6 is 11.6 Å². The topological polar surface area (TPSA) is 58.6 Å². The monoisotopic (exact) mass is 374 g/mol. The van der Waals surface area contributed by atoms with E-state index in [0.29, 0.717) is 23.8 Å². The van der Waals surface area contributed by atoms with Gasteiger partial charge in [0.1, 0.15) is 5.75 Å². The van der Waals surface area contributed by atoms with Crippen molar-refractivity contribution >= 4 is 29.1 Å². The van der Waals surface area contributed by atoms with Crippen LogP contribution in [0.25, 0.3) is 0 Å². The number of hydrogen-bond donors (Lipinski definition) is 1. The number of methoxy groups -OCH3 is 1. The Hall–Kier alpha value is -2.53. The van der Waals surface area contributed by atoms with Crippen molar-refractivity contribution in [1.82, 2.24) is 4.90 Å². The molecule has 0 radical (unpaired) electrons. The van der Waals surface area contributed by atoms with Crippen molar-refractivity contribution < 1.29 is 14.3 Å². The van der Waals surface area contributed by atoms with Crippen molar-refractivity contribution in [1.29, 1.82) is 0 Å². The Kier molecular flexibility index (Phi) is 7.04. The molecule has 0 spiro atoms. The van der Waals surface area contributed by atoms with Crippen LogP contribution in [0.5, 0.6) is 5.75 Å². The number of benzene rings is 2. The molecule has 0 unspecified atom stereocenters. The number of nitrogens with one attached hydrogen (secondary N) is 1. The van der Waals surface area contributed by atoms with E-state index in [1.807, 2.05) is 37.3 Å². The molecule has 5 nitrogen and oxygen atoms in total. The van der Waals surface area contributed by atoms with Crippen molar-refractivity contribution in [2.45, 2.75) is 26.8 Å². The van der Waals surface area contributed by atoms with Gasteiger partial charge in [0.2, 0.25) is 11.8 Å². The fraction of sp³-hybridized carbons (Fsp3) is 0.300. The lowest BCUT2D eigenvalue weighted by molar-refractivity contribution is -0.129. The van der Waals surface area contributed by atoms with E-state index in [2.05, 4.69) is 5.32 Å². The second kappa shape index (κ2) is 9.25. The van der Waals surface area contributed by atoms with Crippen molar-refractivity contribution in [3.8, 4) is 5.75 Å². The van der Waals surface area contributed by atoms with Crippen LogP contribution in [0, 0.1) is 6.92 Å². The Balaban J connectivity index is 1.91. The van der Waals surface area contributed by atoms with E-state index in [-0.39, 0.29) is 18.2 Å². The molecule has 0 heterocycles. The van der Waals surface area contributed by atoms with Gasteiger partial charge >= 0.3 is 0 Å². The summed E-state index contributed by atoms with van der Waals surface area (Å²) < 4.78 is 5.13. The van der Waals surface area contributed by atoms with E-state index >= 15 is 0 Å². The van der Waals surface area contributed by atoms with Crippen molar-refractivity contribution in [3.05, 3.63) is 58.6 Å². The summed E-state index contributed by atoms with van der Waals surface area (Å²) in [5, 5.41) is 3.41. The normalized spacial score (nSPS) is 10.3. The summed E-state index contributed by atoms with van der Waals surface area (Å²) >= 11 is 6.07. The van der Waals surface area contributed by atoms with Gasteiger partial charge in [-0.25, -0.2) is 0 Å². The predicted molar refractivity (Wildman–Crippen MR) is 104 cm³/mol. The van der Waals surface area contributed by atoms with Gasteiger partial charge in [0.15, 0.2) is 0 Å². The SMILES string of the molecule is COc1ccc(CN(CCC(=O)Nc2ccc(C)c(Cl)c2)C(C)=O)cc1. The van der Waals surface area contributed by atoms with Gasteiger partial charge in [0.05, 0.1) is 7.11 Å². The third-order valence-corrected chi connectivity index (χ3v) is 4.45. The fourth-order valence-electron chi connectivity index (χ4n) is 2.43. The molecule has 0 aromatic heterocycles. The molecule has 0 fully saturated rings. The van der Waals surface area contributed by atoms with Gasteiger partial charge in [-0.05, 0) is 42.3 Å². The number of ether oxygens (including phenoxy) is 1. The maximum Gasteiger partial charge on any atom is 0.226 e. The highest BCUT2D eigenvalue weighted by atomic mass is 35.5. The van der Waals surface area contributed by atoms with Gasteiger partial charge in [-0.3, -0.25) is 9.59 Å². The van der Waals surface area contributed by atoms with Crippen LogP contribution in [0.2, 0.25) is 5.02 Å². The Morgan fingerprint density at radius 1 is 1.15 bits per heavy atom. The number of hydrogen-bond acceptors (Lipinski definition) is 3. The van der Waals surface area contributed by atoms with E-state index in [1.54, 1.807) is 24.1 Å². The van der Waals surface area contributed by atoms with Crippen molar-refractivity contribution in [2.24, 2.45) is 0 Å². The number of halogens is 1. The zero-order chi connectivity index (χ0) is 19.1. The highest BCUT2D eigenvalue weighted by Crippen LogP contribution is 2.20. The second-order valence-electron chi connectivity index (χ2n) is 6.05. The second-order valence-corrected chi connectivity index (χ2v) is 6.46. The molecule has 6 heteroatoms. The summed E-state index contributed by atoms with van der Waals surface area (Å²) in [5.74, 6) is 0.525. The average molecular weight is 375 g/mol. The molecule has 0 saturated carbocycles. The van der Waals surface area contributed by atoms with Gasteiger partial charge in [0, 0.05) is 37.1 Å². The Bertz CT molecular complexity index is 775. The minimum atomic E-state index is -0.161. The molecule has 2 aromatic carbocycles. The molecule has 26 heavy (non-hydrogen) atoms. The quantitative estimate of drug-likeness (QED) is 0.795. The Labute approximate surface area is 158 Å². The first-order valence-corrected chi connectivity index (χ1v) is 8.71. The first kappa shape index (κ1) is 19.8. The zero-order valence-corrected chi connectivity index (χ0v) is 16.0. The van der Waals surface area contributed by atoms with Gasteiger partial charge in [-0.15, -0.1) is 0 Å². The minimum absolute atomic E-state index is 0.0769.